The van der Waals surface area contributed by atoms with Gasteiger partial charge in [0.25, 0.3) is 0 Å². The van der Waals surface area contributed by atoms with Crippen molar-refractivity contribution >= 4 is 28.5 Å². The van der Waals surface area contributed by atoms with E-state index in [1.54, 1.807) is 11.8 Å². The molecule has 5 heteroatoms. The number of aliphatic hydroxyl groups is 1. The number of aliphatic imine (C=N–C) groups is 1. The second kappa shape index (κ2) is 4.62. The van der Waals surface area contributed by atoms with Crippen molar-refractivity contribution in [2.24, 2.45) is 4.99 Å². The van der Waals surface area contributed by atoms with E-state index in [0.29, 0.717) is 5.17 Å². The van der Waals surface area contributed by atoms with Crippen LogP contribution in [-0.4, -0.2) is 16.0 Å². The second-order valence-electron chi connectivity index (χ2n) is 2.23. The topological polar surface area (TPSA) is 44.6 Å². The maximum absolute atomic E-state index is 9.12. The van der Waals surface area contributed by atoms with Crippen molar-refractivity contribution in [2.75, 3.05) is 5.75 Å². The Morgan fingerprint density at radius 1 is 1.75 bits per heavy atom. The number of nitrogens with one attached hydrogen (secondary N) is 1. The average Bonchev–Trinajstić information content (AvgIpc) is 2.07. The van der Waals surface area contributed by atoms with Gasteiger partial charge in [0.05, 0.1) is 6.54 Å². The Hall–Kier alpha value is -0.350. The van der Waals surface area contributed by atoms with Crippen molar-refractivity contribution in [1.29, 1.82) is 0 Å². The lowest BCUT2D eigenvalue weighted by Gasteiger charge is -2.12. The summed E-state index contributed by atoms with van der Waals surface area (Å²) in [5.74, 6) is 0.860. The Balaban J connectivity index is 2.51. The van der Waals surface area contributed by atoms with Crippen LogP contribution in [0.3, 0.4) is 0 Å². The molecule has 1 rings (SSSR count). The Morgan fingerprint density at radius 3 is 3.08 bits per heavy atom. The maximum atomic E-state index is 9.12. The van der Waals surface area contributed by atoms with E-state index in [4.69, 9.17) is 16.7 Å². The van der Waals surface area contributed by atoms with Gasteiger partial charge in [-0.25, -0.2) is 0 Å². The summed E-state index contributed by atoms with van der Waals surface area (Å²) < 4.78 is 0. The van der Waals surface area contributed by atoms with Crippen LogP contribution in [0.15, 0.2) is 15.9 Å². The summed E-state index contributed by atoms with van der Waals surface area (Å²) in [6.45, 7) is 3.62. The molecule has 12 heavy (non-hydrogen) atoms. The van der Waals surface area contributed by atoms with Gasteiger partial charge in [-0.15, -0.1) is 0 Å². The van der Waals surface area contributed by atoms with Gasteiger partial charge in [-0.3, -0.25) is 0 Å². The standard InChI is InChI=1S/C7H10ClN2OS/c1-2-3-12-7-9-4-5(8)6(11)10-7/h4,11H,2-3H2,1H3,(H,9,10). The predicted octanol–water partition coefficient (Wildman–Crippen LogP) is 2.22. The van der Waals surface area contributed by atoms with Crippen LogP contribution in [0.4, 0.5) is 0 Å². The highest BCUT2D eigenvalue weighted by Crippen LogP contribution is 2.18. The molecule has 0 unspecified atom stereocenters. The normalized spacial score (nSPS) is 17.3. The summed E-state index contributed by atoms with van der Waals surface area (Å²) in [5.41, 5.74) is 0. The first-order valence-corrected chi connectivity index (χ1v) is 5.00. The van der Waals surface area contributed by atoms with Crippen LogP contribution in [0, 0.1) is 6.54 Å². The van der Waals surface area contributed by atoms with Gasteiger partial charge < -0.3 is 10.4 Å². The molecular formula is C7H10ClN2OS. The molecule has 3 nitrogen and oxygen atoms in total. The molecule has 1 aliphatic heterocycles. The van der Waals surface area contributed by atoms with Crippen molar-refractivity contribution in [3.63, 3.8) is 0 Å². The predicted molar refractivity (Wildman–Crippen MR) is 53.1 cm³/mol. The van der Waals surface area contributed by atoms with Gasteiger partial charge in [0.2, 0.25) is 5.88 Å². The summed E-state index contributed by atoms with van der Waals surface area (Å²) >= 11 is 7.12. The molecule has 1 radical (unpaired) electrons. The quantitative estimate of drug-likeness (QED) is 0.727. The highest BCUT2D eigenvalue weighted by Gasteiger charge is 2.11. The third kappa shape index (κ3) is 2.60. The summed E-state index contributed by atoms with van der Waals surface area (Å²) in [5, 5.41) is 12.9. The van der Waals surface area contributed by atoms with Gasteiger partial charge in [-0.2, -0.15) is 4.99 Å². The van der Waals surface area contributed by atoms with E-state index in [0.717, 1.165) is 12.2 Å². The minimum atomic E-state index is -0.117. The van der Waals surface area contributed by atoms with Crippen LogP contribution in [0.25, 0.3) is 0 Å². The first-order valence-electron chi connectivity index (χ1n) is 3.64. The van der Waals surface area contributed by atoms with Crippen LogP contribution in [0.5, 0.6) is 0 Å². The monoisotopic (exact) mass is 205 g/mol. The SMILES string of the molecule is CCCSC1=NC(O)=C(Cl)[CH]N1. The molecule has 0 fully saturated rings. The smallest absolute Gasteiger partial charge is 0.230 e. The van der Waals surface area contributed by atoms with Crippen LogP contribution in [-0.2, 0) is 0 Å². The third-order valence-electron chi connectivity index (χ3n) is 1.19. The van der Waals surface area contributed by atoms with Crippen LogP contribution >= 0.6 is 23.4 Å². The minimum absolute atomic E-state index is 0.117. The first-order chi connectivity index (χ1) is 5.74. The van der Waals surface area contributed by atoms with E-state index in [-0.39, 0.29) is 10.9 Å². The Kier molecular flexibility index (Phi) is 3.75. The molecule has 0 atom stereocenters. The highest BCUT2D eigenvalue weighted by molar-refractivity contribution is 8.13. The molecule has 1 aliphatic rings. The fourth-order valence-corrected chi connectivity index (χ4v) is 1.43. The van der Waals surface area contributed by atoms with Gasteiger partial charge in [-0.05, 0) is 6.42 Å². The largest absolute Gasteiger partial charge is 0.492 e. The number of aliphatic hydroxyl groups excluding tert-OH is 1. The summed E-state index contributed by atoms with van der Waals surface area (Å²) in [6.07, 6.45) is 1.07. The zero-order chi connectivity index (χ0) is 8.97. The molecule has 0 aliphatic carbocycles. The van der Waals surface area contributed by atoms with E-state index >= 15 is 0 Å². The number of nitrogens with zero attached hydrogens (tertiary/aromatic N) is 1. The molecule has 0 amide bonds. The lowest BCUT2D eigenvalue weighted by molar-refractivity contribution is 0.402. The van der Waals surface area contributed by atoms with E-state index in [2.05, 4.69) is 17.2 Å². The number of thioether (sulfide) groups is 1. The summed E-state index contributed by atoms with van der Waals surface area (Å²) in [4.78, 5) is 3.84. The van der Waals surface area contributed by atoms with Gasteiger partial charge in [0, 0.05) is 5.75 Å². The molecule has 0 spiro atoms. The zero-order valence-corrected chi connectivity index (χ0v) is 8.24. The number of amidine groups is 1. The van der Waals surface area contributed by atoms with Crippen molar-refractivity contribution in [3.05, 3.63) is 17.5 Å². The van der Waals surface area contributed by atoms with Crippen LogP contribution in [0.1, 0.15) is 13.3 Å². The van der Waals surface area contributed by atoms with E-state index in [1.807, 2.05) is 0 Å². The molecule has 0 bridgehead atoms. The highest BCUT2D eigenvalue weighted by atomic mass is 35.5. The molecule has 0 saturated heterocycles. The number of hydrogen-bond acceptors (Lipinski definition) is 4. The maximum Gasteiger partial charge on any atom is 0.230 e. The van der Waals surface area contributed by atoms with Crippen LogP contribution < -0.4 is 5.32 Å². The van der Waals surface area contributed by atoms with E-state index < -0.39 is 0 Å². The lowest BCUT2D eigenvalue weighted by Crippen LogP contribution is -2.22. The molecule has 1 heterocycles. The van der Waals surface area contributed by atoms with Crippen molar-refractivity contribution in [2.45, 2.75) is 13.3 Å². The van der Waals surface area contributed by atoms with Gasteiger partial charge in [-0.1, -0.05) is 30.3 Å². The van der Waals surface area contributed by atoms with Gasteiger partial charge in [0.15, 0.2) is 5.17 Å². The van der Waals surface area contributed by atoms with E-state index in [1.165, 1.54) is 6.54 Å². The first kappa shape index (κ1) is 9.74. The zero-order valence-electron chi connectivity index (χ0n) is 6.67. The molecule has 0 aromatic heterocycles. The Morgan fingerprint density at radius 2 is 2.50 bits per heavy atom. The Labute approximate surface area is 80.9 Å². The molecule has 0 aromatic rings. The van der Waals surface area contributed by atoms with Crippen LogP contribution in [0.2, 0.25) is 0 Å². The average molecular weight is 206 g/mol. The molecule has 0 saturated carbocycles. The summed E-state index contributed by atoms with van der Waals surface area (Å²) in [7, 11) is 0. The minimum Gasteiger partial charge on any atom is -0.492 e. The Bertz CT molecular complexity index is 227. The summed E-state index contributed by atoms with van der Waals surface area (Å²) in [6, 6.07) is 0. The van der Waals surface area contributed by atoms with Gasteiger partial charge >= 0.3 is 0 Å². The number of halogens is 1. The number of rotatable bonds is 2. The fourth-order valence-electron chi connectivity index (χ4n) is 0.644. The molecular weight excluding hydrogens is 196 g/mol. The third-order valence-corrected chi connectivity index (χ3v) is 2.56. The van der Waals surface area contributed by atoms with Gasteiger partial charge in [0.1, 0.15) is 5.03 Å². The van der Waals surface area contributed by atoms with Crippen molar-refractivity contribution in [1.82, 2.24) is 5.32 Å². The second-order valence-corrected chi connectivity index (χ2v) is 3.72. The van der Waals surface area contributed by atoms with E-state index in [9.17, 15) is 0 Å². The molecule has 2 N–H and O–H groups in total. The molecule has 67 valence electrons. The van der Waals surface area contributed by atoms with Crippen molar-refractivity contribution in [3.8, 4) is 0 Å². The van der Waals surface area contributed by atoms with Crippen molar-refractivity contribution < 1.29 is 5.11 Å². The number of hydrogen-bond donors (Lipinski definition) is 2. The lowest BCUT2D eigenvalue weighted by atomic mass is 10.5. The molecule has 0 aromatic carbocycles. The fraction of sp³-hybridized carbons (Fsp3) is 0.429.